The summed E-state index contributed by atoms with van der Waals surface area (Å²) in [5, 5.41) is 9.37. The Bertz CT molecular complexity index is 353. The molecular weight excluding hydrogens is 196 g/mol. The molecule has 1 aliphatic heterocycles. The Kier molecular flexibility index (Phi) is 2.78. The molecule has 2 heterocycles. The van der Waals surface area contributed by atoms with Gasteiger partial charge in [-0.05, 0) is 18.4 Å². The predicted molar refractivity (Wildman–Crippen MR) is 60.0 cm³/mol. The van der Waals surface area contributed by atoms with Crippen molar-refractivity contribution in [1.29, 1.82) is 0 Å². The molecule has 0 saturated carbocycles. The Balaban J connectivity index is 1.97. The second-order valence-electron chi connectivity index (χ2n) is 2.94. The van der Waals surface area contributed by atoms with Crippen LogP contribution >= 0.6 is 11.3 Å². The lowest BCUT2D eigenvalue weighted by Crippen LogP contribution is -2.30. The Morgan fingerprint density at radius 3 is 3.29 bits per heavy atom. The van der Waals surface area contributed by atoms with Gasteiger partial charge in [-0.2, -0.15) is 5.10 Å². The van der Waals surface area contributed by atoms with Gasteiger partial charge in [0.25, 0.3) is 0 Å². The summed E-state index contributed by atoms with van der Waals surface area (Å²) in [6, 6.07) is 4.07. The maximum absolute atomic E-state index is 4.23. The van der Waals surface area contributed by atoms with Crippen LogP contribution in [0.5, 0.6) is 0 Å². The average molecular weight is 208 g/mol. The van der Waals surface area contributed by atoms with E-state index in [1.54, 1.807) is 11.3 Å². The van der Waals surface area contributed by atoms with Crippen LogP contribution in [0.1, 0.15) is 11.8 Å². The third kappa shape index (κ3) is 2.11. The molecule has 0 bridgehead atoms. The molecule has 4 nitrogen and oxygen atoms in total. The van der Waals surface area contributed by atoms with Gasteiger partial charge in [0.15, 0.2) is 0 Å². The second-order valence-corrected chi connectivity index (χ2v) is 3.89. The van der Waals surface area contributed by atoms with E-state index < -0.39 is 0 Å². The van der Waals surface area contributed by atoms with Crippen molar-refractivity contribution in [1.82, 2.24) is 10.7 Å². The first kappa shape index (κ1) is 9.21. The number of aliphatic imine (C=N–C) groups is 1. The van der Waals surface area contributed by atoms with Crippen LogP contribution in [0, 0.1) is 0 Å². The standard InChI is InChI=1S/C9H12N4S/c1-7(8-3-2-6-14-8)12-13-9-10-4-5-11-9/h2-3,6H,4-5H2,1H3,(H2,10,11,13)/b12-7+. The molecule has 2 rings (SSSR count). The average Bonchev–Trinajstić information content (AvgIpc) is 2.87. The molecule has 14 heavy (non-hydrogen) atoms. The number of guanidine groups is 1. The minimum absolute atomic E-state index is 0.765. The summed E-state index contributed by atoms with van der Waals surface area (Å²) < 4.78 is 0. The quantitative estimate of drug-likeness (QED) is 0.563. The van der Waals surface area contributed by atoms with E-state index in [1.165, 1.54) is 4.88 Å². The number of thiophene rings is 1. The molecule has 0 atom stereocenters. The molecular formula is C9H12N4S. The van der Waals surface area contributed by atoms with Gasteiger partial charge in [-0.1, -0.05) is 6.07 Å². The smallest absolute Gasteiger partial charge is 0.212 e. The van der Waals surface area contributed by atoms with Gasteiger partial charge in [-0.25, -0.2) is 10.4 Å². The van der Waals surface area contributed by atoms with E-state index in [-0.39, 0.29) is 0 Å². The molecule has 2 N–H and O–H groups in total. The number of hydrogen-bond donors (Lipinski definition) is 2. The molecule has 0 amide bonds. The van der Waals surface area contributed by atoms with Crippen molar-refractivity contribution in [2.24, 2.45) is 10.1 Å². The Morgan fingerprint density at radius 2 is 2.64 bits per heavy atom. The first-order valence-corrected chi connectivity index (χ1v) is 5.37. The van der Waals surface area contributed by atoms with Crippen molar-refractivity contribution in [3.05, 3.63) is 22.4 Å². The lowest BCUT2D eigenvalue weighted by atomic mass is 10.3. The van der Waals surface area contributed by atoms with Crippen molar-refractivity contribution >= 4 is 23.0 Å². The van der Waals surface area contributed by atoms with E-state index in [0.29, 0.717) is 0 Å². The molecule has 0 saturated heterocycles. The van der Waals surface area contributed by atoms with E-state index in [2.05, 4.69) is 26.9 Å². The highest BCUT2D eigenvalue weighted by Gasteiger charge is 2.03. The van der Waals surface area contributed by atoms with Gasteiger partial charge in [-0.15, -0.1) is 11.3 Å². The van der Waals surface area contributed by atoms with Crippen LogP contribution in [-0.4, -0.2) is 24.8 Å². The maximum atomic E-state index is 4.23. The van der Waals surface area contributed by atoms with Crippen LogP contribution in [0.25, 0.3) is 0 Å². The first-order valence-electron chi connectivity index (χ1n) is 4.49. The fourth-order valence-corrected chi connectivity index (χ4v) is 1.83. The summed E-state index contributed by atoms with van der Waals surface area (Å²) in [5.41, 5.74) is 3.89. The molecule has 1 aliphatic rings. The molecule has 0 radical (unpaired) electrons. The third-order valence-corrected chi connectivity index (χ3v) is 2.86. The molecule has 0 spiro atoms. The molecule has 1 aromatic rings. The molecule has 74 valence electrons. The van der Waals surface area contributed by atoms with Crippen LogP contribution in [0.15, 0.2) is 27.6 Å². The molecule has 0 unspecified atom stereocenters. The minimum atomic E-state index is 0.765. The molecule has 5 heteroatoms. The third-order valence-electron chi connectivity index (χ3n) is 1.88. The Labute approximate surface area is 86.8 Å². The lowest BCUT2D eigenvalue weighted by Gasteiger charge is -2.01. The van der Waals surface area contributed by atoms with Crippen molar-refractivity contribution in [2.45, 2.75) is 6.92 Å². The molecule has 1 aromatic heterocycles. The molecule has 0 fully saturated rings. The van der Waals surface area contributed by atoms with Crippen molar-refractivity contribution < 1.29 is 0 Å². The summed E-state index contributed by atoms with van der Waals surface area (Å²) in [5.74, 6) is 0.765. The SMILES string of the molecule is C/C(=N\NC1=NCCN1)c1cccs1. The monoisotopic (exact) mass is 208 g/mol. The zero-order valence-electron chi connectivity index (χ0n) is 7.95. The van der Waals surface area contributed by atoms with Gasteiger partial charge in [0.05, 0.1) is 12.3 Å². The van der Waals surface area contributed by atoms with Crippen molar-refractivity contribution in [3.63, 3.8) is 0 Å². The largest absolute Gasteiger partial charge is 0.353 e. The first-order chi connectivity index (χ1) is 6.86. The maximum Gasteiger partial charge on any atom is 0.212 e. The van der Waals surface area contributed by atoms with Crippen LogP contribution in [-0.2, 0) is 0 Å². The highest BCUT2D eigenvalue weighted by molar-refractivity contribution is 7.12. The number of nitrogens with one attached hydrogen (secondary N) is 2. The predicted octanol–water partition coefficient (Wildman–Crippen LogP) is 1.02. The fraction of sp³-hybridized carbons (Fsp3) is 0.333. The van der Waals surface area contributed by atoms with Crippen LogP contribution in [0.2, 0.25) is 0 Å². The van der Waals surface area contributed by atoms with E-state index >= 15 is 0 Å². The van der Waals surface area contributed by atoms with E-state index in [4.69, 9.17) is 0 Å². The van der Waals surface area contributed by atoms with Gasteiger partial charge in [0.2, 0.25) is 5.96 Å². The van der Waals surface area contributed by atoms with E-state index in [1.807, 2.05) is 18.4 Å². The molecule has 0 aliphatic carbocycles. The van der Waals surface area contributed by atoms with Gasteiger partial charge < -0.3 is 5.32 Å². The summed E-state index contributed by atoms with van der Waals surface area (Å²) in [7, 11) is 0. The highest BCUT2D eigenvalue weighted by Crippen LogP contribution is 2.09. The van der Waals surface area contributed by atoms with Gasteiger partial charge in [-0.3, -0.25) is 0 Å². The Hall–Kier alpha value is -1.36. The van der Waals surface area contributed by atoms with E-state index in [9.17, 15) is 0 Å². The summed E-state index contributed by atoms with van der Waals surface area (Å²) in [6.45, 7) is 3.71. The minimum Gasteiger partial charge on any atom is -0.353 e. The highest BCUT2D eigenvalue weighted by atomic mass is 32.1. The Morgan fingerprint density at radius 1 is 1.71 bits per heavy atom. The number of nitrogens with zero attached hydrogens (tertiary/aromatic N) is 2. The topological polar surface area (TPSA) is 48.8 Å². The van der Waals surface area contributed by atoms with Crippen LogP contribution < -0.4 is 10.7 Å². The number of hydrogen-bond acceptors (Lipinski definition) is 5. The zero-order chi connectivity index (χ0) is 9.80. The zero-order valence-corrected chi connectivity index (χ0v) is 8.77. The van der Waals surface area contributed by atoms with Gasteiger partial charge in [0.1, 0.15) is 0 Å². The number of hydrazone groups is 1. The van der Waals surface area contributed by atoms with Gasteiger partial charge >= 0.3 is 0 Å². The normalized spacial score (nSPS) is 16.4. The fourth-order valence-electron chi connectivity index (χ4n) is 1.15. The van der Waals surface area contributed by atoms with Crippen molar-refractivity contribution in [2.75, 3.05) is 13.1 Å². The summed E-state index contributed by atoms with van der Waals surface area (Å²) in [4.78, 5) is 5.36. The second kappa shape index (κ2) is 4.23. The molecule has 0 aromatic carbocycles. The van der Waals surface area contributed by atoms with Crippen LogP contribution in [0.3, 0.4) is 0 Å². The van der Waals surface area contributed by atoms with E-state index in [0.717, 1.165) is 24.8 Å². The van der Waals surface area contributed by atoms with Gasteiger partial charge in [0, 0.05) is 11.4 Å². The van der Waals surface area contributed by atoms with Crippen LogP contribution in [0.4, 0.5) is 0 Å². The summed E-state index contributed by atoms with van der Waals surface area (Å²) >= 11 is 1.68. The summed E-state index contributed by atoms with van der Waals surface area (Å²) in [6.07, 6.45) is 0. The van der Waals surface area contributed by atoms with Crippen molar-refractivity contribution in [3.8, 4) is 0 Å². The number of rotatable bonds is 2. The lowest BCUT2D eigenvalue weighted by molar-refractivity contribution is 0.917.